The standard InChI is InChI=1S/C13H15N3O2S/c1-13(2,11(17)18)10-8-19-12(16-10)15-7-9-5-3-4-6-14-9/h3-6,8H,7H2,1-2H3,(H,15,16)(H,17,18). The van der Waals surface area contributed by atoms with Crippen LogP contribution in [-0.2, 0) is 16.8 Å². The van der Waals surface area contributed by atoms with Crippen molar-refractivity contribution in [1.82, 2.24) is 9.97 Å². The molecule has 0 saturated heterocycles. The van der Waals surface area contributed by atoms with Crippen LogP contribution >= 0.6 is 11.3 Å². The zero-order valence-electron chi connectivity index (χ0n) is 10.8. The van der Waals surface area contributed by atoms with Gasteiger partial charge in [-0.2, -0.15) is 0 Å². The van der Waals surface area contributed by atoms with Crippen LogP contribution in [0.1, 0.15) is 25.2 Å². The summed E-state index contributed by atoms with van der Waals surface area (Å²) in [5.41, 5.74) is 0.506. The number of thiazole rings is 1. The van der Waals surface area contributed by atoms with Crippen LogP contribution in [-0.4, -0.2) is 21.0 Å². The smallest absolute Gasteiger partial charge is 0.315 e. The first kappa shape index (κ1) is 13.5. The van der Waals surface area contributed by atoms with Crippen LogP contribution in [0, 0.1) is 0 Å². The maximum atomic E-state index is 11.1. The number of anilines is 1. The number of nitrogens with zero attached hydrogens (tertiary/aromatic N) is 2. The van der Waals surface area contributed by atoms with E-state index >= 15 is 0 Å². The molecule has 2 N–H and O–H groups in total. The van der Waals surface area contributed by atoms with Crippen molar-refractivity contribution in [2.45, 2.75) is 25.8 Å². The number of nitrogens with one attached hydrogen (secondary N) is 1. The molecule has 2 heterocycles. The minimum Gasteiger partial charge on any atom is -0.481 e. The maximum Gasteiger partial charge on any atom is 0.315 e. The van der Waals surface area contributed by atoms with E-state index in [4.69, 9.17) is 5.11 Å². The topological polar surface area (TPSA) is 75.1 Å². The Labute approximate surface area is 115 Å². The van der Waals surface area contributed by atoms with Gasteiger partial charge in [-0.25, -0.2) is 4.98 Å². The van der Waals surface area contributed by atoms with E-state index in [-0.39, 0.29) is 0 Å². The number of rotatable bonds is 5. The highest BCUT2D eigenvalue weighted by Gasteiger charge is 2.32. The van der Waals surface area contributed by atoms with Crippen LogP contribution in [0.15, 0.2) is 29.8 Å². The Bertz CT molecular complexity index is 566. The van der Waals surface area contributed by atoms with Gasteiger partial charge in [-0.15, -0.1) is 11.3 Å². The fraction of sp³-hybridized carbons (Fsp3) is 0.308. The third-order valence-electron chi connectivity index (χ3n) is 2.83. The molecule has 2 aromatic rings. The first-order chi connectivity index (χ1) is 9.00. The predicted octanol–water partition coefficient (Wildman–Crippen LogP) is 2.51. The average Bonchev–Trinajstić information content (AvgIpc) is 2.87. The van der Waals surface area contributed by atoms with Gasteiger partial charge in [-0.3, -0.25) is 9.78 Å². The number of carboxylic acid groups (broad SMARTS) is 1. The molecule has 19 heavy (non-hydrogen) atoms. The number of pyridine rings is 1. The summed E-state index contributed by atoms with van der Waals surface area (Å²) in [6, 6.07) is 5.70. The minimum atomic E-state index is -0.971. The number of aliphatic carboxylic acids is 1. The van der Waals surface area contributed by atoms with Gasteiger partial charge in [0.05, 0.1) is 17.9 Å². The van der Waals surface area contributed by atoms with E-state index < -0.39 is 11.4 Å². The van der Waals surface area contributed by atoms with Crippen molar-refractivity contribution in [2.75, 3.05) is 5.32 Å². The van der Waals surface area contributed by atoms with Gasteiger partial charge in [-0.1, -0.05) is 6.07 Å². The predicted molar refractivity (Wildman–Crippen MR) is 74.3 cm³/mol. The van der Waals surface area contributed by atoms with E-state index in [2.05, 4.69) is 15.3 Å². The monoisotopic (exact) mass is 277 g/mol. The second-order valence-electron chi connectivity index (χ2n) is 4.64. The Morgan fingerprint density at radius 3 is 2.89 bits per heavy atom. The van der Waals surface area contributed by atoms with Crippen LogP contribution in [0.5, 0.6) is 0 Å². The van der Waals surface area contributed by atoms with Gasteiger partial charge < -0.3 is 10.4 Å². The summed E-state index contributed by atoms with van der Waals surface area (Å²) in [5.74, 6) is -0.880. The number of aromatic nitrogens is 2. The Morgan fingerprint density at radius 1 is 1.47 bits per heavy atom. The molecule has 0 aliphatic rings. The second kappa shape index (κ2) is 5.36. The summed E-state index contributed by atoms with van der Waals surface area (Å²) < 4.78 is 0. The van der Waals surface area contributed by atoms with E-state index in [1.165, 1.54) is 11.3 Å². The molecule has 0 unspecified atom stereocenters. The summed E-state index contributed by atoms with van der Waals surface area (Å²) >= 11 is 1.40. The Kier molecular flexibility index (Phi) is 3.80. The van der Waals surface area contributed by atoms with Crippen LogP contribution in [0.2, 0.25) is 0 Å². The number of hydrogen-bond acceptors (Lipinski definition) is 5. The van der Waals surface area contributed by atoms with Gasteiger partial charge in [-0.05, 0) is 26.0 Å². The molecule has 0 saturated carbocycles. The van der Waals surface area contributed by atoms with Gasteiger partial charge in [0.25, 0.3) is 0 Å². The third-order valence-corrected chi connectivity index (χ3v) is 3.63. The van der Waals surface area contributed by atoms with Crippen LogP contribution in [0.4, 0.5) is 5.13 Å². The Hall–Kier alpha value is -1.95. The van der Waals surface area contributed by atoms with Crippen LogP contribution in [0.25, 0.3) is 0 Å². The molecule has 5 nitrogen and oxygen atoms in total. The lowest BCUT2D eigenvalue weighted by molar-refractivity contribution is -0.142. The SMILES string of the molecule is CC(C)(C(=O)O)c1csc(NCc2ccccn2)n1. The highest BCUT2D eigenvalue weighted by atomic mass is 32.1. The van der Waals surface area contributed by atoms with E-state index in [1.807, 2.05) is 18.2 Å². The quantitative estimate of drug-likeness (QED) is 0.878. The normalized spacial score (nSPS) is 11.3. The van der Waals surface area contributed by atoms with Gasteiger partial charge in [0.1, 0.15) is 5.41 Å². The van der Waals surface area contributed by atoms with Crippen molar-refractivity contribution in [3.63, 3.8) is 0 Å². The van der Waals surface area contributed by atoms with E-state index in [9.17, 15) is 4.79 Å². The van der Waals surface area contributed by atoms with E-state index in [1.54, 1.807) is 25.4 Å². The van der Waals surface area contributed by atoms with Gasteiger partial charge in [0.2, 0.25) is 0 Å². The molecule has 2 rings (SSSR count). The molecule has 0 spiro atoms. The van der Waals surface area contributed by atoms with Gasteiger partial charge >= 0.3 is 5.97 Å². The minimum absolute atomic E-state index is 0.563. The summed E-state index contributed by atoms with van der Waals surface area (Å²) in [7, 11) is 0. The van der Waals surface area contributed by atoms with Crippen molar-refractivity contribution in [2.24, 2.45) is 0 Å². The molecule has 0 atom stereocenters. The molecule has 0 aromatic carbocycles. The highest BCUT2D eigenvalue weighted by Crippen LogP contribution is 2.27. The number of hydrogen-bond donors (Lipinski definition) is 2. The molecule has 0 amide bonds. The molecular formula is C13H15N3O2S. The van der Waals surface area contributed by atoms with Gasteiger partial charge in [0.15, 0.2) is 5.13 Å². The fourth-order valence-electron chi connectivity index (χ4n) is 1.42. The van der Waals surface area contributed by atoms with Crippen molar-refractivity contribution in [3.8, 4) is 0 Å². The summed E-state index contributed by atoms with van der Waals surface area (Å²) in [4.78, 5) is 19.7. The zero-order valence-corrected chi connectivity index (χ0v) is 11.6. The van der Waals surface area contributed by atoms with E-state index in [0.717, 1.165) is 5.69 Å². The molecule has 100 valence electrons. The molecule has 0 radical (unpaired) electrons. The molecule has 2 aromatic heterocycles. The van der Waals surface area contributed by atoms with Crippen LogP contribution in [0.3, 0.4) is 0 Å². The molecule has 0 bridgehead atoms. The molecule has 6 heteroatoms. The Morgan fingerprint density at radius 2 is 2.26 bits per heavy atom. The molecular weight excluding hydrogens is 262 g/mol. The lowest BCUT2D eigenvalue weighted by atomic mass is 9.90. The number of carboxylic acids is 1. The lowest BCUT2D eigenvalue weighted by Crippen LogP contribution is -2.28. The first-order valence-corrected chi connectivity index (χ1v) is 6.71. The summed E-state index contributed by atoms with van der Waals surface area (Å²) in [6.45, 7) is 3.86. The molecule has 0 fully saturated rings. The lowest BCUT2D eigenvalue weighted by Gasteiger charge is -2.15. The van der Waals surface area contributed by atoms with Crippen molar-refractivity contribution >= 4 is 22.4 Å². The Balaban J connectivity index is 2.04. The second-order valence-corrected chi connectivity index (χ2v) is 5.50. The number of carbonyl (C=O) groups is 1. The van der Waals surface area contributed by atoms with Crippen molar-refractivity contribution in [3.05, 3.63) is 41.2 Å². The highest BCUT2D eigenvalue weighted by molar-refractivity contribution is 7.13. The summed E-state index contributed by atoms with van der Waals surface area (Å²) in [6.07, 6.45) is 1.73. The fourth-order valence-corrected chi connectivity index (χ4v) is 2.30. The van der Waals surface area contributed by atoms with Crippen LogP contribution < -0.4 is 5.32 Å². The average molecular weight is 277 g/mol. The molecule has 0 aliphatic carbocycles. The largest absolute Gasteiger partial charge is 0.481 e. The van der Waals surface area contributed by atoms with Crippen molar-refractivity contribution in [1.29, 1.82) is 0 Å². The summed E-state index contributed by atoms with van der Waals surface area (Å²) in [5, 5.41) is 14.8. The molecule has 0 aliphatic heterocycles. The first-order valence-electron chi connectivity index (χ1n) is 5.83. The maximum absolute atomic E-state index is 11.1. The zero-order chi connectivity index (χ0) is 13.9. The van der Waals surface area contributed by atoms with Crippen molar-refractivity contribution < 1.29 is 9.90 Å². The van der Waals surface area contributed by atoms with E-state index in [0.29, 0.717) is 17.4 Å². The third kappa shape index (κ3) is 3.08. The van der Waals surface area contributed by atoms with Gasteiger partial charge in [0, 0.05) is 11.6 Å².